The van der Waals surface area contributed by atoms with Gasteiger partial charge in [-0.15, -0.1) is 0 Å². The zero-order chi connectivity index (χ0) is 12.1. The molecule has 1 aromatic rings. The Morgan fingerprint density at radius 2 is 2.12 bits per heavy atom. The average Bonchev–Trinajstić information content (AvgIpc) is 2.25. The molecule has 6 heteroatoms. The van der Waals surface area contributed by atoms with Gasteiger partial charge in [0, 0.05) is 10.5 Å². The Hall–Kier alpha value is -1.69. The van der Waals surface area contributed by atoms with Gasteiger partial charge in [0.25, 0.3) is 0 Å². The molecule has 1 aromatic carbocycles. The van der Waals surface area contributed by atoms with Crippen molar-refractivity contribution in [1.82, 2.24) is 0 Å². The second kappa shape index (κ2) is 5.41. The minimum Gasteiger partial charge on any atom is -0.502 e. The van der Waals surface area contributed by atoms with Crippen molar-refractivity contribution in [3.63, 3.8) is 0 Å². The van der Waals surface area contributed by atoms with Gasteiger partial charge in [-0.25, -0.2) is 0 Å². The number of nitro groups is 1. The van der Waals surface area contributed by atoms with Crippen molar-refractivity contribution < 1.29 is 14.8 Å². The molecule has 0 spiro atoms. The van der Waals surface area contributed by atoms with Gasteiger partial charge in [0.05, 0.1) is 13.5 Å². The molecule has 1 N–H and O–H groups in total. The van der Waals surface area contributed by atoms with Crippen LogP contribution in [0.4, 0.5) is 0 Å². The maximum absolute atomic E-state index is 10.8. The molecule has 0 aliphatic heterocycles. The predicted molar refractivity (Wildman–Crippen MR) is 62.6 cm³/mol. The molecule has 1 atom stereocenters. The van der Waals surface area contributed by atoms with E-state index in [0.717, 1.165) is 0 Å². The number of rotatable bonds is 5. The molecule has 1 unspecified atom stereocenters. The second-order valence-electron chi connectivity index (χ2n) is 3.17. The molecule has 5 nitrogen and oxygen atoms in total. The molecule has 0 fully saturated rings. The number of nitrogens with zero attached hydrogens (tertiary/aromatic N) is 1. The van der Waals surface area contributed by atoms with E-state index in [1.54, 1.807) is 24.3 Å². The van der Waals surface area contributed by atoms with Crippen molar-refractivity contribution in [2.45, 2.75) is 12.5 Å². The molecule has 1 rings (SSSR count). The van der Waals surface area contributed by atoms with Gasteiger partial charge in [0.1, 0.15) is 5.75 Å². The Bertz CT molecular complexity index is 390. The minimum absolute atomic E-state index is 0.158. The van der Waals surface area contributed by atoms with E-state index in [1.165, 1.54) is 7.11 Å². The molecule has 0 aliphatic carbocycles. The van der Waals surface area contributed by atoms with Crippen LogP contribution in [-0.4, -0.2) is 22.2 Å². The first kappa shape index (κ1) is 12.4. The molecule has 0 saturated heterocycles. The van der Waals surface area contributed by atoms with Crippen molar-refractivity contribution >= 4 is 17.3 Å². The lowest BCUT2D eigenvalue weighted by molar-refractivity contribution is -0.527. The van der Waals surface area contributed by atoms with Crippen molar-refractivity contribution in [3.05, 3.63) is 39.9 Å². The van der Waals surface area contributed by atoms with Crippen LogP contribution in [0.5, 0.6) is 5.75 Å². The lowest BCUT2D eigenvalue weighted by Gasteiger charge is -2.08. The standard InChI is InChI=1S/C10H11NO4S/c1-15-8-4-2-7(3-5-8)9(11(13)14)6-10(12)16/h2-5,9H,6H2,1H3,(H,12,16). The minimum atomic E-state index is -1.01. The van der Waals surface area contributed by atoms with E-state index in [2.05, 4.69) is 12.2 Å². The number of methoxy groups -OCH3 is 1. The van der Waals surface area contributed by atoms with Crippen LogP contribution in [0.15, 0.2) is 24.3 Å². The number of aliphatic hydroxyl groups is 1. The fourth-order valence-corrected chi connectivity index (χ4v) is 1.46. The third-order valence-corrected chi connectivity index (χ3v) is 2.29. The third kappa shape index (κ3) is 3.16. The van der Waals surface area contributed by atoms with E-state index in [4.69, 9.17) is 9.84 Å². The average molecular weight is 241 g/mol. The molecule has 0 radical (unpaired) electrons. The van der Waals surface area contributed by atoms with Gasteiger partial charge in [-0.2, -0.15) is 0 Å². The smallest absolute Gasteiger partial charge is 0.245 e. The van der Waals surface area contributed by atoms with E-state index >= 15 is 0 Å². The SMILES string of the molecule is COc1ccc(C(CC(O)=S)[N+](=O)[O-])cc1. The van der Waals surface area contributed by atoms with Gasteiger partial charge in [0.15, 0.2) is 5.05 Å². The summed E-state index contributed by atoms with van der Waals surface area (Å²) in [6.07, 6.45) is -0.158. The third-order valence-electron chi connectivity index (χ3n) is 2.12. The lowest BCUT2D eigenvalue weighted by atomic mass is 10.0. The van der Waals surface area contributed by atoms with Crippen LogP contribution in [-0.2, 0) is 0 Å². The molecule has 0 heterocycles. The Labute approximate surface area is 97.8 Å². The number of ether oxygens (including phenoxy) is 1. The normalized spacial score (nSPS) is 11.8. The quantitative estimate of drug-likeness (QED) is 0.486. The van der Waals surface area contributed by atoms with Crippen LogP contribution in [0.3, 0.4) is 0 Å². The molecule has 0 bridgehead atoms. The summed E-state index contributed by atoms with van der Waals surface area (Å²) in [6, 6.07) is 5.43. The van der Waals surface area contributed by atoms with E-state index in [0.29, 0.717) is 11.3 Å². The maximum atomic E-state index is 10.8. The lowest BCUT2D eigenvalue weighted by Crippen LogP contribution is -2.14. The number of aliphatic hydroxyl groups excluding tert-OH is 1. The van der Waals surface area contributed by atoms with E-state index < -0.39 is 11.0 Å². The molecular weight excluding hydrogens is 230 g/mol. The van der Waals surface area contributed by atoms with Gasteiger partial charge < -0.3 is 9.84 Å². The Morgan fingerprint density at radius 3 is 2.50 bits per heavy atom. The summed E-state index contributed by atoms with van der Waals surface area (Å²) in [4.78, 5) is 10.3. The predicted octanol–water partition coefficient (Wildman–Crippen LogP) is 2.29. The highest BCUT2D eigenvalue weighted by Crippen LogP contribution is 2.23. The molecule has 16 heavy (non-hydrogen) atoms. The van der Waals surface area contributed by atoms with E-state index in [9.17, 15) is 10.1 Å². The van der Waals surface area contributed by atoms with Gasteiger partial charge in [-0.05, 0) is 36.5 Å². The summed E-state index contributed by atoms with van der Waals surface area (Å²) < 4.78 is 4.95. The number of hydrogen-bond donors (Lipinski definition) is 1. The van der Waals surface area contributed by atoms with Crippen LogP contribution in [0.2, 0.25) is 0 Å². The first-order valence-electron chi connectivity index (χ1n) is 4.54. The van der Waals surface area contributed by atoms with Crippen molar-refractivity contribution in [3.8, 4) is 5.75 Å². The highest BCUT2D eigenvalue weighted by molar-refractivity contribution is 7.80. The summed E-state index contributed by atoms with van der Waals surface area (Å²) in [6.45, 7) is 0. The van der Waals surface area contributed by atoms with Crippen molar-refractivity contribution in [1.29, 1.82) is 0 Å². The molecule has 0 aliphatic rings. The van der Waals surface area contributed by atoms with Crippen molar-refractivity contribution in [2.75, 3.05) is 7.11 Å². The highest BCUT2D eigenvalue weighted by Gasteiger charge is 2.24. The maximum Gasteiger partial charge on any atom is 0.245 e. The topological polar surface area (TPSA) is 72.6 Å². The zero-order valence-electron chi connectivity index (χ0n) is 8.62. The monoisotopic (exact) mass is 241 g/mol. The largest absolute Gasteiger partial charge is 0.502 e. The molecule has 0 aromatic heterocycles. The molecule has 86 valence electrons. The number of thiocarbonyl (C=S) groups is 1. The fraction of sp³-hybridized carbons (Fsp3) is 0.300. The fourth-order valence-electron chi connectivity index (χ4n) is 1.31. The number of benzene rings is 1. The van der Waals surface area contributed by atoms with Gasteiger partial charge >= 0.3 is 0 Å². The Kier molecular flexibility index (Phi) is 4.19. The zero-order valence-corrected chi connectivity index (χ0v) is 9.44. The van der Waals surface area contributed by atoms with E-state index in [1.807, 2.05) is 0 Å². The summed E-state index contributed by atoms with van der Waals surface area (Å²) in [5.74, 6) is 0.623. The van der Waals surface area contributed by atoms with Gasteiger partial charge in [0.2, 0.25) is 6.04 Å². The van der Waals surface area contributed by atoms with Crippen molar-refractivity contribution in [2.24, 2.45) is 0 Å². The number of hydrogen-bond acceptors (Lipinski definition) is 4. The summed E-state index contributed by atoms with van der Waals surface area (Å²) >= 11 is 4.47. The van der Waals surface area contributed by atoms with Gasteiger partial charge in [-0.1, -0.05) is 0 Å². The van der Waals surface area contributed by atoms with Gasteiger partial charge in [-0.3, -0.25) is 10.1 Å². The first-order chi connectivity index (χ1) is 7.54. The van der Waals surface area contributed by atoms with E-state index in [-0.39, 0.29) is 11.5 Å². The van der Waals surface area contributed by atoms with Crippen LogP contribution in [0.1, 0.15) is 18.0 Å². The summed E-state index contributed by atoms with van der Waals surface area (Å²) in [5.41, 5.74) is 0.488. The first-order valence-corrected chi connectivity index (χ1v) is 4.94. The molecule has 0 amide bonds. The molecule has 0 saturated carbocycles. The van der Waals surface area contributed by atoms with Crippen LogP contribution in [0, 0.1) is 10.1 Å². The second-order valence-corrected chi connectivity index (χ2v) is 3.64. The highest BCUT2D eigenvalue weighted by atomic mass is 32.1. The Morgan fingerprint density at radius 1 is 1.56 bits per heavy atom. The summed E-state index contributed by atoms with van der Waals surface area (Å²) in [5, 5.41) is 19.4. The Balaban J connectivity index is 2.92. The summed E-state index contributed by atoms with van der Waals surface area (Å²) in [7, 11) is 1.52. The van der Waals surface area contributed by atoms with Crippen LogP contribution < -0.4 is 4.74 Å². The van der Waals surface area contributed by atoms with Crippen LogP contribution >= 0.6 is 12.2 Å². The molecular formula is C10H11NO4S. The van der Waals surface area contributed by atoms with Crippen LogP contribution in [0.25, 0.3) is 0 Å².